The standard InChI is InChI=1S/C18H14Cl3N3/c19-13-5-2-1-4-11(13)10-15-12-8-9-22-18(12)24(23-15)16-7-3-6-14(20)17(16)21/h1-7,22H,8-10H2. The summed E-state index contributed by atoms with van der Waals surface area (Å²) in [6, 6.07) is 13.4. The zero-order chi connectivity index (χ0) is 16.7. The Bertz CT molecular complexity index is 918. The lowest BCUT2D eigenvalue weighted by molar-refractivity contribution is 0.840. The maximum Gasteiger partial charge on any atom is 0.133 e. The molecule has 1 aliphatic rings. The van der Waals surface area contributed by atoms with Gasteiger partial charge in [0.05, 0.1) is 21.4 Å². The van der Waals surface area contributed by atoms with Crippen LogP contribution < -0.4 is 5.32 Å². The number of hydrogen-bond acceptors (Lipinski definition) is 2. The maximum atomic E-state index is 6.38. The van der Waals surface area contributed by atoms with Gasteiger partial charge < -0.3 is 5.32 Å². The Labute approximate surface area is 155 Å². The van der Waals surface area contributed by atoms with E-state index in [0.29, 0.717) is 16.5 Å². The van der Waals surface area contributed by atoms with Gasteiger partial charge in [-0.2, -0.15) is 5.10 Å². The summed E-state index contributed by atoms with van der Waals surface area (Å²) in [4.78, 5) is 0. The van der Waals surface area contributed by atoms with Crippen LogP contribution in [0.15, 0.2) is 42.5 Å². The van der Waals surface area contributed by atoms with E-state index in [2.05, 4.69) is 5.32 Å². The zero-order valence-corrected chi connectivity index (χ0v) is 15.0. The van der Waals surface area contributed by atoms with Crippen LogP contribution in [0.1, 0.15) is 16.8 Å². The summed E-state index contributed by atoms with van der Waals surface area (Å²) in [7, 11) is 0. The Hall–Kier alpha value is -1.68. The maximum absolute atomic E-state index is 6.38. The molecule has 1 aliphatic heterocycles. The van der Waals surface area contributed by atoms with Gasteiger partial charge in [-0.05, 0) is 30.2 Å². The fraction of sp³-hybridized carbons (Fsp3) is 0.167. The van der Waals surface area contributed by atoms with Crippen molar-refractivity contribution in [3.05, 3.63) is 74.4 Å². The van der Waals surface area contributed by atoms with Gasteiger partial charge in [0.25, 0.3) is 0 Å². The number of benzene rings is 2. The highest BCUT2D eigenvalue weighted by Gasteiger charge is 2.24. The number of anilines is 1. The Morgan fingerprint density at radius 3 is 2.62 bits per heavy atom. The second-order valence-electron chi connectivity index (χ2n) is 5.70. The highest BCUT2D eigenvalue weighted by Crippen LogP contribution is 2.35. The lowest BCUT2D eigenvalue weighted by Gasteiger charge is -2.09. The van der Waals surface area contributed by atoms with Crippen LogP contribution >= 0.6 is 34.8 Å². The molecule has 0 unspecified atom stereocenters. The van der Waals surface area contributed by atoms with Crippen molar-refractivity contribution in [2.75, 3.05) is 11.9 Å². The SMILES string of the molecule is Clc1ccccc1Cc1nn(-c2cccc(Cl)c2Cl)c2c1CCN2. The van der Waals surface area contributed by atoms with Gasteiger partial charge in [-0.1, -0.05) is 59.1 Å². The number of rotatable bonds is 3. The first-order valence-electron chi connectivity index (χ1n) is 7.67. The normalized spacial score (nSPS) is 13.0. The van der Waals surface area contributed by atoms with Crippen LogP contribution in [0.25, 0.3) is 5.69 Å². The molecule has 0 fully saturated rings. The third-order valence-electron chi connectivity index (χ3n) is 4.21. The summed E-state index contributed by atoms with van der Waals surface area (Å²) in [6.45, 7) is 0.890. The molecule has 3 nitrogen and oxygen atoms in total. The molecule has 2 aromatic carbocycles. The van der Waals surface area contributed by atoms with Crippen molar-refractivity contribution in [3.8, 4) is 5.69 Å². The predicted octanol–water partition coefficient (Wildman–Crippen LogP) is 5.39. The molecule has 0 radical (unpaired) electrons. The van der Waals surface area contributed by atoms with Crippen LogP contribution in [0.3, 0.4) is 0 Å². The van der Waals surface area contributed by atoms with Crippen LogP contribution in [0.4, 0.5) is 5.82 Å². The summed E-state index contributed by atoms with van der Waals surface area (Å²) in [5.74, 6) is 0.987. The van der Waals surface area contributed by atoms with E-state index in [1.54, 1.807) is 6.07 Å². The van der Waals surface area contributed by atoms with Gasteiger partial charge in [0, 0.05) is 23.6 Å². The van der Waals surface area contributed by atoms with E-state index in [1.807, 2.05) is 41.1 Å². The van der Waals surface area contributed by atoms with E-state index in [1.165, 1.54) is 5.56 Å². The van der Waals surface area contributed by atoms with E-state index in [9.17, 15) is 0 Å². The van der Waals surface area contributed by atoms with Crippen molar-refractivity contribution >= 4 is 40.6 Å². The predicted molar refractivity (Wildman–Crippen MR) is 100 cm³/mol. The van der Waals surface area contributed by atoms with Gasteiger partial charge in [0.1, 0.15) is 5.82 Å². The number of nitrogens with zero attached hydrogens (tertiary/aromatic N) is 2. The molecule has 0 spiro atoms. The first kappa shape index (κ1) is 15.8. The molecule has 0 saturated heterocycles. The lowest BCUT2D eigenvalue weighted by atomic mass is 10.1. The van der Waals surface area contributed by atoms with Crippen molar-refractivity contribution in [1.29, 1.82) is 0 Å². The fourth-order valence-electron chi connectivity index (χ4n) is 3.04. The van der Waals surface area contributed by atoms with E-state index >= 15 is 0 Å². The monoisotopic (exact) mass is 377 g/mol. The molecule has 6 heteroatoms. The molecule has 1 aromatic heterocycles. The van der Waals surface area contributed by atoms with E-state index < -0.39 is 0 Å². The number of halogens is 3. The average Bonchev–Trinajstić information content (AvgIpc) is 3.16. The third-order valence-corrected chi connectivity index (χ3v) is 5.39. The fourth-order valence-corrected chi connectivity index (χ4v) is 3.62. The molecule has 3 aromatic rings. The van der Waals surface area contributed by atoms with Gasteiger partial charge in [-0.25, -0.2) is 4.68 Å². The summed E-state index contributed by atoms with van der Waals surface area (Å²) < 4.78 is 1.85. The summed E-state index contributed by atoms with van der Waals surface area (Å²) in [6.07, 6.45) is 1.63. The van der Waals surface area contributed by atoms with Crippen molar-refractivity contribution < 1.29 is 0 Å². The minimum atomic E-state index is 0.502. The molecule has 0 bridgehead atoms. The summed E-state index contributed by atoms with van der Waals surface area (Å²) >= 11 is 18.8. The van der Waals surface area contributed by atoms with Crippen LogP contribution in [0.2, 0.25) is 15.1 Å². The lowest BCUT2D eigenvalue weighted by Crippen LogP contribution is -2.06. The molecular weight excluding hydrogens is 365 g/mol. The number of nitrogens with one attached hydrogen (secondary N) is 1. The third kappa shape index (κ3) is 2.67. The van der Waals surface area contributed by atoms with Crippen LogP contribution in [0, 0.1) is 0 Å². The quantitative estimate of drug-likeness (QED) is 0.662. The van der Waals surface area contributed by atoms with Crippen LogP contribution in [-0.2, 0) is 12.8 Å². The number of hydrogen-bond donors (Lipinski definition) is 1. The molecule has 4 rings (SSSR count). The molecule has 0 atom stereocenters. The van der Waals surface area contributed by atoms with Gasteiger partial charge in [0.2, 0.25) is 0 Å². The highest BCUT2D eigenvalue weighted by molar-refractivity contribution is 6.43. The van der Waals surface area contributed by atoms with E-state index in [-0.39, 0.29) is 0 Å². The van der Waals surface area contributed by atoms with Crippen LogP contribution in [0.5, 0.6) is 0 Å². The second kappa shape index (κ2) is 6.32. The topological polar surface area (TPSA) is 29.9 Å². The van der Waals surface area contributed by atoms with Gasteiger partial charge in [0.15, 0.2) is 0 Å². The van der Waals surface area contributed by atoms with Gasteiger partial charge in [-0.3, -0.25) is 0 Å². The molecule has 122 valence electrons. The first-order chi connectivity index (χ1) is 11.6. The molecule has 2 heterocycles. The second-order valence-corrected chi connectivity index (χ2v) is 6.90. The molecule has 0 saturated carbocycles. The smallest absolute Gasteiger partial charge is 0.133 e. The largest absolute Gasteiger partial charge is 0.369 e. The van der Waals surface area contributed by atoms with Crippen molar-refractivity contribution in [3.63, 3.8) is 0 Å². The first-order valence-corrected chi connectivity index (χ1v) is 8.81. The highest BCUT2D eigenvalue weighted by atomic mass is 35.5. The molecular formula is C18H14Cl3N3. The molecule has 24 heavy (non-hydrogen) atoms. The van der Waals surface area contributed by atoms with Crippen molar-refractivity contribution in [2.24, 2.45) is 0 Å². The Morgan fingerprint density at radius 2 is 1.79 bits per heavy atom. The van der Waals surface area contributed by atoms with Crippen LogP contribution in [-0.4, -0.2) is 16.3 Å². The van der Waals surface area contributed by atoms with Gasteiger partial charge in [-0.15, -0.1) is 0 Å². The van der Waals surface area contributed by atoms with Crippen molar-refractivity contribution in [1.82, 2.24) is 9.78 Å². The Kier molecular flexibility index (Phi) is 4.17. The van der Waals surface area contributed by atoms with E-state index in [0.717, 1.165) is 40.8 Å². The number of aromatic nitrogens is 2. The minimum absolute atomic E-state index is 0.502. The average molecular weight is 379 g/mol. The summed E-state index contributed by atoms with van der Waals surface area (Å²) in [5.41, 5.74) is 4.07. The number of fused-ring (bicyclic) bond motifs is 1. The Balaban J connectivity index is 1.81. The molecule has 0 amide bonds. The van der Waals surface area contributed by atoms with E-state index in [4.69, 9.17) is 39.9 Å². The zero-order valence-electron chi connectivity index (χ0n) is 12.7. The van der Waals surface area contributed by atoms with Gasteiger partial charge >= 0.3 is 0 Å². The van der Waals surface area contributed by atoms with Crippen molar-refractivity contribution in [2.45, 2.75) is 12.8 Å². The minimum Gasteiger partial charge on any atom is -0.369 e. The summed E-state index contributed by atoms with van der Waals surface area (Å²) in [5, 5.41) is 9.97. The molecule has 1 N–H and O–H groups in total. The Morgan fingerprint density at radius 1 is 1.00 bits per heavy atom. The molecule has 0 aliphatic carbocycles.